The molecule has 0 saturated carbocycles. The molecule has 0 saturated heterocycles. The Balaban J connectivity index is 1.40. The molecule has 0 aliphatic carbocycles. The minimum Gasteiger partial charge on any atom is -0.484 e. The van der Waals surface area contributed by atoms with Crippen LogP contribution in [0.15, 0.2) is 77.2 Å². The average Bonchev–Trinajstić information content (AvgIpc) is 3.39. The molecule has 0 aliphatic rings. The van der Waals surface area contributed by atoms with Crippen LogP contribution in [-0.2, 0) is 6.61 Å². The van der Waals surface area contributed by atoms with Crippen molar-refractivity contribution in [2.75, 3.05) is 5.32 Å². The fourth-order valence-corrected chi connectivity index (χ4v) is 4.13. The van der Waals surface area contributed by atoms with Crippen molar-refractivity contribution in [3.63, 3.8) is 0 Å². The molecule has 0 bridgehead atoms. The van der Waals surface area contributed by atoms with Crippen molar-refractivity contribution in [1.82, 2.24) is 14.8 Å². The van der Waals surface area contributed by atoms with Crippen LogP contribution in [0, 0.1) is 6.92 Å². The maximum absolute atomic E-state index is 12.5. The highest BCUT2D eigenvalue weighted by Crippen LogP contribution is 2.33. The molecule has 170 valence electrons. The molecule has 7 nitrogen and oxygen atoms in total. The third-order valence-electron chi connectivity index (χ3n) is 5.47. The van der Waals surface area contributed by atoms with E-state index in [1.54, 1.807) is 6.92 Å². The number of ketones is 1. The van der Waals surface area contributed by atoms with E-state index >= 15 is 0 Å². The van der Waals surface area contributed by atoms with Crippen LogP contribution in [0.5, 0.6) is 5.75 Å². The number of nitrogens with zero attached hydrogens (tertiary/aromatic N) is 3. The standard InChI is InChI=1S/C26H21ClN4O3/c1-16-25(17(2)32)22-14-21(12-13-23(22)31(16)20-10-8-18(27)9-11-20)33-15-24-29-30-26(34-24)28-19-6-4-3-5-7-19/h3-14H,15H2,1-2H3,(H,28,30). The van der Waals surface area contributed by atoms with E-state index < -0.39 is 0 Å². The number of rotatable bonds is 7. The molecule has 5 aromatic rings. The van der Waals surface area contributed by atoms with Crippen molar-refractivity contribution >= 4 is 40.0 Å². The highest BCUT2D eigenvalue weighted by molar-refractivity contribution is 6.30. The molecule has 2 heterocycles. The molecule has 34 heavy (non-hydrogen) atoms. The van der Waals surface area contributed by atoms with Crippen molar-refractivity contribution in [3.8, 4) is 11.4 Å². The van der Waals surface area contributed by atoms with Crippen LogP contribution in [-0.4, -0.2) is 20.5 Å². The van der Waals surface area contributed by atoms with Crippen LogP contribution >= 0.6 is 11.6 Å². The zero-order chi connectivity index (χ0) is 23.7. The van der Waals surface area contributed by atoms with Gasteiger partial charge in [-0.3, -0.25) is 4.79 Å². The molecular formula is C26H21ClN4O3. The number of para-hydroxylation sites is 1. The number of aromatic nitrogens is 3. The Bertz CT molecular complexity index is 1470. The lowest BCUT2D eigenvalue weighted by atomic mass is 10.1. The minimum absolute atomic E-state index is 0.0131. The monoisotopic (exact) mass is 472 g/mol. The van der Waals surface area contributed by atoms with E-state index in [1.165, 1.54) is 0 Å². The molecular weight excluding hydrogens is 452 g/mol. The first-order valence-electron chi connectivity index (χ1n) is 10.7. The molecule has 0 aliphatic heterocycles. The topological polar surface area (TPSA) is 82.2 Å². The van der Waals surface area contributed by atoms with Crippen molar-refractivity contribution in [1.29, 1.82) is 0 Å². The summed E-state index contributed by atoms with van der Waals surface area (Å²) in [7, 11) is 0. The van der Waals surface area contributed by atoms with Gasteiger partial charge in [0.15, 0.2) is 12.4 Å². The van der Waals surface area contributed by atoms with Gasteiger partial charge in [-0.2, -0.15) is 0 Å². The van der Waals surface area contributed by atoms with Crippen molar-refractivity contribution in [2.45, 2.75) is 20.5 Å². The van der Waals surface area contributed by atoms with Gasteiger partial charge in [0.1, 0.15) is 5.75 Å². The number of hydrogen-bond acceptors (Lipinski definition) is 6. The number of Topliss-reactive ketones (excluding diaryl/α,β-unsaturated/α-hetero) is 1. The maximum Gasteiger partial charge on any atom is 0.320 e. The Morgan fingerprint density at radius 2 is 1.82 bits per heavy atom. The van der Waals surface area contributed by atoms with Crippen LogP contribution in [0.2, 0.25) is 5.02 Å². The number of anilines is 2. The first kappa shape index (κ1) is 21.7. The summed E-state index contributed by atoms with van der Waals surface area (Å²) in [6.45, 7) is 3.61. The molecule has 0 radical (unpaired) electrons. The summed E-state index contributed by atoms with van der Waals surface area (Å²) in [5, 5.41) is 12.5. The zero-order valence-electron chi connectivity index (χ0n) is 18.6. The summed E-state index contributed by atoms with van der Waals surface area (Å²) < 4.78 is 13.6. The number of hydrogen-bond donors (Lipinski definition) is 1. The van der Waals surface area contributed by atoms with E-state index in [0.717, 1.165) is 28.0 Å². The quantitative estimate of drug-likeness (QED) is 0.272. The molecule has 0 unspecified atom stereocenters. The summed E-state index contributed by atoms with van der Waals surface area (Å²) in [6, 6.07) is 23.0. The third kappa shape index (κ3) is 4.25. The third-order valence-corrected chi connectivity index (χ3v) is 5.72. The maximum atomic E-state index is 12.5. The van der Waals surface area contributed by atoms with Gasteiger partial charge in [0.25, 0.3) is 5.89 Å². The van der Waals surface area contributed by atoms with Crippen molar-refractivity contribution in [2.24, 2.45) is 0 Å². The number of nitrogens with one attached hydrogen (secondary N) is 1. The first-order valence-corrected chi connectivity index (χ1v) is 11.1. The Hall–Kier alpha value is -4.10. The fraction of sp³-hybridized carbons (Fsp3) is 0.115. The number of benzene rings is 3. The molecule has 1 N–H and O–H groups in total. The fourth-order valence-electron chi connectivity index (χ4n) is 4.01. The normalized spacial score (nSPS) is 11.0. The van der Waals surface area contributed by atoms with Gasteiger partial charge in [-0.1, -0.05) is 34.9 Å². The predicted molar refractivity (Wildman–Crippen MR) is 131 cm³/mol. The van der Waals surface area contributed by atoms with E-state index in [-0.39, 0.29) is 18.4 Å². The Labute approximate surface area is 200 Å². The molecule has 8 heteroatoms. The first-order chi connectivity index (χ1) is 16.5. The summed E-state index contributed by atoms with van der Waals surface area (Å²) in [5.74, 6) is 0.917. The van der Waals surface area contributed by atoms with Crippen molar-refractivity contribution in [3.05, 3.63) is 95.0 Å². The van der Waals surface area contributed by atoms with E-state index in [2.05, 4.69) is 15.5 Å². The van der Waals surface area contributed by atoms with Crippen LogP contribution in [0.1, 0.15) is 28.9 Å². The summed E-state index contributed by atoms with van der Waals surface area (Å²) in [6.07, 6.45) is 0. The van der Waals surface area contributed by atoms with Gasteiger partial charge >= 0.3 is 6.01 Å². The van der Waals surface area contributed by atoms with E-state index in [4.69, 9.17) is 20.8 Å². The predicted octanol–water partition coefficient (Wildman–Crippen LogP) is 6.50. The summed E-state index contributed by atoms with van der Waals surface area (Å²) in [5.41, 5.74) is 4.20. The van der Waals surface area contributed by atoms with E-state index in [9.17, 15) is 4.79 Å². The summed E-state index contributed by atoms with van der Waals surface area (Å²) in [4.78, 5) is 12.5. The van der Waals surface area contributed by atoms with Gasteiger partial charge in [0, 0.05) is 33.0 Å². The van der Waals surface area contributed by atoms with Crippen molar-refractivity contribution < 1.29 is 13.9 Å². The SMILES string of the molecule is CC(=O)c1c(C)n(-c2ccc(Cl)cc2)c2ccc(OCc3nnc(Nc4ccccc4)o3)cc12. The number of fused-ring (bicyclic) bond motifs is 1. The smallest absolute Gasteiger partial charge is 0.320 e. The molecule has 0 atom stereocenters. The van der Waals surface area contributed by atoms with Gasteiger partial charge in [0.05, 0.1) is 5.52 Å². The zero-order valence-corrected chi connectivity index (χ0v) is 19.3. The van der Waals surface area contributed by atoms with Gasteiger partial charge in [-0.25, -0.2) is 0 Å². The summed E-state index contributed by atoms with van der Waals surface area (Å²) >= 11 is 6.06. The number of carbonyl (C=O) groups is 1. The number of halogens is 1. The largest absolute Gasteiger partial charge is 0.484 e. The second kappa shape index (κ2) is 9.03. The lowest BCUT2D eigenvalue weighted by Gasteiger charge is -2.09. The second-order valence-corrected chi connectivity index (χ2v) is 8.22. The highest BCUT2D eigenvalue weighted by atomic mass is 35.5. The lowest BCUT2D eigenvalue weighted by molar-refractivity contribution is 0.101. The van der Waals surface area contributed by atoms with Crippen LogP contribution in [0.4, 0.5) is 11.7 Å². The van der Waals surface area contributed by atoms with Crippen LogP contribution < -0.4 is 10.1 Å². The van der Waals surface area contributed by atoms with Gasteiger partial charge in [-0.05, 0) is 68.4 Å². The molecule has 5 rings (SSSR count). The molecule has 0 fully saturated rings. The van der Waals surface area contributed by atoms with E-state index in [1.807, 2.05) is 84.3 Å². The van der Waals surface area contributed by atoms with Gasteiger partial charge in [0.2, 0.25) is 0 Å². The number of carbonyl (C=O) groups excluding carboxylic acids is 1. The second-order valence-electron chi connectivity index (χ2n) is 7.79. The highest BCUT2D eigenvalue weighted by Gasteiger charge is 2.19. The molecule has 2 aromatic heterocycles. The Morgan fingerprint density at radius 3 is 2.56 bits per heavy atom. The molecule has 0 spiro atoms. The van der Waals surface area contributed by atoms with Crippen LogP contribution in [0.25, 0.3) is 16.6 Å². The molecule has 3 aromatic carbocycles. The minimum atomic E-state index is -0.0131. The molecule has 0 amide bonds. The Morgan fingerprint density at radius 1 is 1.06 bits per heavy atom. The van der Waals surface area contributed by atoms with Gasteiger partial charge < -0.3 is 19.0 Å². The number of ether oxygens (including phenoxy) is 1. The average molecular weight is 473 g/mol. The van der Waals surface area contributed by atoms with E-state index in [0.29, 0.717) is 22.2 Å². The Kier molecular flexibility index (Phi) is 5.77. The van der Waals surface area contributed by atoms with Crippen LogP contribution in [0.3, 0.4) is 0 Å². The van der Waals surface area contributed by atoms with Gasteiger partial charge in [-0.15, -0.1) is 5.10 Å². The lowest BCUT2D eigenvalue weighted by Crippen LogP contribution is -1.99.